The van der Waals surface area contributed by atoms with Gasteiger partial charge in [-0.15, -0.1) is 0 Å². The molecule has 0 radical (unpaired) electrons. The Labute approximate surface area is 109 Å². The highest BCUT2D eigenvalue weighted by molar-refractivity contribution is 7.89. The number of aromatic nitrogens is 1. The van der Waals surface area contributed by atoms with Crippen LogP contribution >= 0.6 is 0 Å². The summed E-state index contributed by atoms with van der Waals surface area (Å²) < 4.78 is 26.3. The summed E-state index contributed by atoms with van der Waals surface area (Å²) in [6, 6.07) is 3.25. The van der Waals surface area contributed by atoms with Gasteiger partial charge < -0.3 is 5.32 Å². The van der Waals surface area contributed by atoms with E-state index < -0.39 is 10.0 Å². The predicted molar refractivity (Wildman–Crippen MR) is 73.1 cm³/mol. The minimum Gasteiger partial charge on any atom is -0.370 e. The number of sulfonamides is 1. The van der Waals surface area contributed by atoms with Gasteiger partial charge in [-0.1, -0.05) is 20.3 Å². The molecule has 2 N–H and O–H groups in total. The summed E-state index contributed by atoms with van der Waals surface area (Å²) in [6.07, 6.45) is 4.18. The van der Waals surface area contributed by atoms with E-state index in [0.717, 1.165) is 25.8 Å². The minimum atomic E-state index is -3.41. The molecule has 1 aromatic rings. The number of hydrogen-bond acceptors (Lipinski definition) is 4. The fourth-order valence-corrected chi connectivity index (χ4v) is 2.38. The van der Waals surface area contributed by atoms with Gasteiger partial charge in [-0.3, -0.25) is 0 Å². The number of unbranched alkanes of at least 4 members (excludes halogenated alkanes) is 1. The molecule has 1 aromatic heterocycles. The molecule has 0 spiro atoms. The first-order valence-corrected chi connectivity index (χ1v) is 7.78. The summed E-state index contributed by atoms with van der Waals surface area (Å²) in [7, 11) is -3.41. The molecular formula is C12H21N3O2S. The number of nitrogens with zero attached hydrogens (tertiary/aromatic N) is 1. The second kappa shape index (κ2) is 7.33. The van der Waals surface area contributed by atoms with Crippen molar-refractivity contribution in [3.05, 3.63) is 18.3 Å². The summed E-state index contributed by atoms with van der Waals surface area (Å²) >= 11 is 0. The van der Waals surface area contributed by atoms with Crippen LogP contribution in [0.2, 0.25) is 0 Å². The lowest BCUT2D eigenvalue weighted by Gasteiger charge is -2.07. The number of rotatable bonds is 8. The zero-order chi connectivity index (χ0) is 13.4. The summed E-state index contributed by atoms with van der Waals surface area (Å²) in [4.78, 5) is 4.29. The topological polar surface area (TPSA) is 71.1 Å². The molecule has 18 heavy (non-hydrogen) atoms. The molecular weight excluding hydrogens is 250 g/mol. The maximum Gasteiger partial charge on any atom is 0.242 e. The summed E-state index contributed by atoms with van der Waals surface area (Å²) in [5.74, 6) is 0.698. The molecule has 0 aliphatic carbocycles. The second-order valence-corrected chi connectivity index (χ2v) is 5.82. The van der Waals surface area contributed by atoms with E-state index in [2.05, 4.69) is 21.9 Å². The molecule has 6 heteroatoms. The maximum atomic E-state index is 11.9. The normalized spacial score (nSPS) is 11.4. The third-order valence-electron chi connectivity index (χ3n) is 2.43. The Hall–Kier alpha value is -1.14. The maximum absolute atomic E-state index is 11.9. The monoisotopic (exact) mass is 271 g/mol. The first kappa shape index (κ1) is 14.9. The molecule has 0 aliphatic rings. The van der Waals surface area contributed by atoms with Crippen molar-refractivity contribution < 1.29 is 8.42 Å². The van der Waals surface area contributed by atoms with Crippen molar-refractivity contribution in [3.63, 3.8) is 0 Å². The van der Waals surface area contributed by atoms with E-state index in [9.17, 15) is 8.42 Å². The van der Waals surface area contributed by atoms with Gasteiger partial charge in [0.1, 0.15) is 10.7 Å². The van der Waals surface area contributed by atoms with Crippen molar-refractivity contribution in [2.75, 3.05) is 18.4 Å². The molecule has 0 saturated heterocycles. The van der Waals surface area contributed by atoms with E-state index in [0.29, 0.717) is 12.4 Å². The molecule has 0 bridgehead atoms. The molecule has 102 valence electrons. The largest absolute Gasteiger partial charge is 0.370 e. The highest BCUT2D eigenvalue weighted by Gasteiger charge is 2.13. The zero-order valence-corrected chi connectivity index (χ0v) is 11.8. The van der Waals surface area contributed by atoms with Crippen LogP contribution < -0.4 is 10.0 Å². The molecule has 0 unspecified atom stereocenters. The molecule has 0 saturated carbocycles. The smallest absolute Gasteiger partial charge is 0.242 e. The van der Waals surface area contributed by atoms with Gasteiger partial charge in [0.25, 0.3) is 0 Å². The SMILES string of the molecule is CCCCNS(=O)(=O)c1ccc(NCCC)nc1. The Balaban J connectivity index is 2.65. The average Bonchev–Trinajstić information content (AvgIpc) is 2.37. The van der Waals surface area contributed by atoms with E-state index in [-0.39, 0.29) is 4.90 Å². The van der Waals surface area contributed by atoms with Crippen LogP contribution in [0.25, 0.3) is 0 Å². The Morgan fingerprint density at radius 3 is 2.50 bits per heavy atom. The zero-order valence-electron chi connectivity index (χ0n) is 10.9. The molecule has 0 aliphatic heterocycles. The van der Waals surface area contributed by atoms with Crippen LogP contribution in [0.15, 0.2) is 23.2 Å². The van der Waals surface area contributed by atoms with Gasteiger partial charge >= 0.3 is 0 Å². The number of nitrogens with one attached hydrogen (secondary N) is 2. The third-order valence-corrected chi connectivity index (χ3v) is 3.87. The lowest BCUT2D eigenvalue weighted by molar-refractivity contribution is 0.578. The fourth-order valence-electron chi connectivity index (χ4n) is 1.36. The molecule has 1 heterocycles. The first-order chi connectivity index (χ1) is 8.60. The van der Waals surface area contributed by atoms with E-state index in [4.69, 9.17) is 0 Å². The highest BCUT2D eigenvalue weighted by Crippen LogP contribution is 2.10. The van der Waals surface area contributed by atoms with Crippen LogP contribution in [-0.4, -0.2) is 26.5 Å². The van der Waals surface area contributed by atoms with Gasteiger partial charge in [0.15, 0.2) is 0 Å². The number of hydrogen-bond donors (Lipinski definition) is 2. The van der Waals surface area contributed by atoms with Crippen molar-refractivity contribution in [2.45, 2.75) is 38.0 Å². The Morgan fingerprint density at radius 1 is 1.17 bits per heavy atom. The van der Waals surface area contributed by atoms with E-state index in [1.807, 2.05) is 6.92 Å². The molecule has 0 aromatic carbocycles. The number of anilines is 1. The van der Waals surface area contributed by atoms with Gasteiger partial charge in [-0.05, 0) is 25.0 Å². The van der Waals surface area contributed by atoms with Gasteiger partial charge in [0.05, 0.1) is 0 Å². The van der Waals surface area contributed by atoms with Gasteiger partial charge in [0, 0.05) is 19.3 Å². The van der Waals surface area contributed by atoms with Crippen molar-refractivity contribution in [2.24, 2.45) is 0 Å². The number of pyridine rings is 1. The van der Waals surface area contributed by atoms with Crippen LogP contribution in [0.3, 0.4) is 0 Å². The fraction of sp³-hybridized carbons (Fsp3) is 0.583. The van der Waals surface area contributed by atoms with Crippen LogP contribution in [0.1, 0.15) is 33.1 Å². The molecule has 0 amide bonds. The highest BCUT2D eigenvalue weighted by atomic mass is 32.2. The van der Waals surface area contributed by atoms with Crippen molar-refractivity contribution >= 4 is 15.8 Å². The Morgan fingerprint density at radius 2 is 1.94 bits per heavy atom. The van der Waals surface area contributed by atoms with Gasteiger partial charge in [-0.2, -0.15) is 0 Å². The Bertz CT molecular complexity index is 443. The standard InChI is InChI=1S/C12H21N3O2S/c1-3-5-9-15-18(16,17)11-6-7-12(14-10-11)13-8-4-2/h6-7,10,15H,3-5,8-9H2,1-2H3,(H,13,14). The van der Waals surface area contributed by atoms with Gasteiger partial charge in [-0.25, -0.2) is 18.1 Å². The van der Waals surface area contributed by atoms with Crippen LogP contribution in [-0.2, 0) is 10.0 Å². The predicted octanol–water partition coefficient (Wildman–Crippen LogP) is 1.98. The van der Waals surface area contributed by atoms with Crippen molar-refractivity contribution in [1.29, 1.82) is 0 Å². The van der Waals surface area contributed by atoms with Crippen molar-refractivity contribution in [1.82, 2.24) is 9.71 Å². The quantitative estimate of drug-likeness (QED) is 0.709. The van der Waals surface area contributed by atoms with E-state index in [1.165, 1.54) is 6.20 Å². The molecule has 5 nitrogen and oxygen atoms in total. The van der Waals surface area contributed by atoms with Crippen LogP contribution in [0.4, 0.5) is 5.82 Å². The first-order valence-electron chi connectivity index (χ1n) is 6.29. The summed E-state index contributed by atoms with van der Waals surface area (Å²) in [5, 5.41) is 3.10. The van der Waals surface area contributed by atoms with Crippen LogP contribution in [0, 0.1) is 0 Å². The lowest BCUT2D eigenvalue weighted by atomic mass is 10.3. The summed E-state index contributed by atoms with van der Waals surface area (Å²) in [6.45, 7) is 5.37. The molecule has 0 atom stereocenters. The minimum absolute atomic E-state index is 0.209. The second-order valence-electron chi connectivity index (χ2n) is 4.06. The Kier molecular flexibility index (Phi) is 6.07. The van der Waals surface area contributed by atoms with E-state index in [1.54, 1.807) is 12.1 Å². The molecule has 1 rings (SSSR count). The van der Waals surface area contributed by atoms with E-state index >= 15 is 0 Å². The lowest BCUT2D eigenvalue weighted by Crippen LogP contribution is -2.24. The van der Waals surface area contributed by atoms with Gasteiger partial charge in [0.2, 0.25) is 10.0 Å². The van der Waals surface area contributed by atoms with Crippen LogP contribution in [0.5, 0.6) is 0 Å². The van der Waals surface area contributed by atoms with Crippen molar-refractivity contribution in [3.8, 4) is 0 Å². The third kappa shape index (κ3) is 4.62. The molecule has 0 fully saturated rings. The summed E-state index contributed by atoms with van der Waals surface area (Å²) in [5.41, 5.74) is 0. The average molecular weight is 271 g/mol.